The molecule has 1 fully saturated rings. The molecule has 3 heteroatoms. The Hall–Kier alpha value is -4.89. The van der Waals surface area contributed by atoms with Gasteiger partial charge in [-0.1, -0.05) is 126 Å². The first-order valence-corrected chi connectivity index (χ1v) is 19.0. The van der Waals surface area contributed by atoms with Crippen molar-refractivity contribution in [2.45, 2.75) is 98.2 Å². The summed E-state index contributed by atoms with van der Waals surface area (Å²) in [6.07, 6.45) is 9.57. The number of hydrogen-bond acceptors (Lipinski definition) is 1. The molecule has 0 aliphatic heterocycles. The lowest BCUT2D eigenvalue weighted by atomic mass is 9.80. The summed E-state index contributed by atoms with van der Waals surface area (Å²) in [4.78, 5) is 0. The van der Waals surface area contributed by atoms with Gasteiger partial charge in [0.05, 0.1) is 12.6 Å². The molecule has 5 aromatic carbocycles. The molecule has 1 aromatic heterocycles. The van der Waals surface area contributed by atoms with Crippen LogP contribution in [0.15, 0.2) is 103 Å². The summed E-state index contributed by atoms with van der Waals surface area (Å²) in [5.41, 5.74) is 13.3. The van der Waals surface area contributed by atoms with Crippen LogP contribution in [0.3, 0.4) is 0 Å². The lowest BCUT2D eigenvalue weighted by molar-refractivity contribution is -0.659. The maximum Gasteiger partial charge on any atom is 0.294 e. The van der Waals surface area contributed by atoms with Crippen LogP contribution in [0.2, 0.25) is 0 Å². The van der Waals surface area contributed by atoms with Crippen molar-refractivity contribution in [2.75, 3.05) is 0 Å². The molecule has 0 spiro atoms. The third-order valence-corrected chi connectivity index (χ3v) is 11.1. The van der Waals surface area contributed by atoms with E-state index in [0.29, 0.717) is 11.1 Å². The van der Waals surface area contributed by atoms with Gasteiger partial charge in [-0.05, 0) is 113 Å². The second-order valence-electron chi connectivity index (χ2n) is 15.4. The van der Waals surface area contributed by atoms with Gasteiger partial charge in [-0.2, -0.15) is 4.57 Å². The van der Waals surface area contributed by atoms with E-state index in [-0.39, 0.29) is 17.6 Å². The summed E-state index contributed by atoms with van der Waals surface area (Å²) in [6, 6.07) is 29.7. The minimum absolute atomic E-state index is 0.160. The SMILES string of the molecule is [2H]C([2H])([2H])c1ccc(-c2ccc(-c3ccc(C)c(-c4n(-c5c(C(C)C)cc(C6([2H])CCCCC6)cc5C(C)C)cc[n+]4C)c3C)c(O)c2)cc1-c1ccccc1. The topological polar surface area (TPSA) is 29.0 Å². The van der Waals surface area contributed by atoms with Crippen molar-refractivity contribution < 1.29 is 15.2 Å². The maximum absolute atomic E-state index is 11.7. The van der Waals surface area contributed by atoms with Gasteiger partial charge in [0.1, 0.15) is 23.8 Å². The van der Waals surface area contributed by atoms with Gasteiger partial charge in [-0.25, -0.2) is 4.57 Å². The number of aryl methyl sites for hydroxylation is 3. The van der Waals surface area contributed by atoms with E-state index < -0.39 is 12.7 Å². The molecule has 1 N–H and O–H groups in total. The zero-order valence-electron chi connectivity index (χ0n) is 35.8. The van der Waals surface area contributed by atoms with Gasteiger partial charge in [0.15, 0.2) is 0 Å². The molecule has 266 valence electrons. The highest BCUT2D eigenvalue weighted by molar-refractivity contribution is 5.84. The Morgan fingerprint density at radius 3 is 2.02 bits per heavy atom. The normalized spacial score (nSPS) is 15.7. The highest BCUT2D eigenvalue weighted by Crippen LogP contribution is 2.43. The van der Waals surface area contributed by atoms with Crippen LogP contribution in [-0.4, -0.2) is 9.67 Å². The van der Waals surface area contributed by atoms with Crippen LogP contribution >= 0.6 is 0 Å². The van der Waals surface area contributed by atoms with E-state index in [2.05, 4.69) is 94.4 Å². The van der Waals surface area contributed by atoms with Gasteiger partial charge in [0.25, 0.3) is 5.82 Å². The van der Waals surface area contributed by atoms with Crippen molar-refractivity contribution >= 4 is 0 Å². The fraction of sp³-hybridized carbons (Fsp3) is 0.327. The van der Waals surface area contributed by atoms with E-state index in [1.54, 1.807) is 12.1 Å². The van der Waals surface area contributed by atoms with Gasteiger partial charge < -0.3 is 5.11 Å². The minimum Gasteiger partial charge on any atom is -0.507 e. The monoisotopic (exact) mass is 691 g/mol. The van der Waals surface area contributed by atoms with Crippen molar-refractivity contribution in [1.82, 2.24) is 4.57 Å². The van der Waals surface area contributed by atoms with Crippen molar-refractivity contribution in [3.63, 3.8) is 0 Å². The quantitative estimate of drug-likeness (QED) is 0.158. The number of benzene rings is 5. The standard InChI is InChI=1S/C49H54N2O/c1-31(2)43-28-40(36-15-11-9-12-16-36)29-44(32(3)4)48(43)51-26-25-50(8)49(51)47-34(6)20-23-41(35(47)7)42-24-22-39(30-46(42)52)38-21-19-33(5)45(27-38)37-17-13-10-14-18-37/h10,13-14,17-32,36H,9,11-12,15-16H2,1-8H3/p+1/i5D3,36D. The van der Waals surface area contributed by atoms with E-state index in [1.807, 2.05) is 54.6 Å². The third-order valence-electron chi connectivity index (χ3n) is 11.1. The summed E-state index contributed by atoms with van der Waals surface area (Å²) in [5.74, 6) is 1.20. The van der Waals surface area contributed by atoms with Gasteiger partial charge in [0.2, 0.25) is 0 Å². The number of rotatable bonds is 8. The average molecular weight is 692 g/mol. The highest BCUT2D eigenvalue weighted by Gasteiger charge is 2.30. The molecule has 1 aliphatic carbocycles. The first kappa shape index (κ1) is 30.7. The first-order valence-electron chi connectivity index (χ1n) is 21.0. The van der Waals surface area contributed by atoms with E-state index >= 15 is 0 Å². The first-order chi connectivity index (χ1) is 26.6. The fourth-order valence-electron chi connectivity index (χ4n) is 8.27. The fourth-order valence-corrected chi connectivity index (χ4v) is 8.27. The molecular formula is C49H55N2O+. The smallest absolute Gasteiger partial charge is 0.294 e. The second kappa shape index (κ2) is 14.6. The summed E-state index contributed by atoms with van der Waals surface area (Å²) >= 11 is 0. The number of phenolic OH excluding ortho intramolecular Hbond substituents is 1. The molecule has 0 atom stereocenters. The van der Waals surface area contributed by atoms with E-state index in [1.165, 1.54) is 23.2 Å². The molecule has 0 bridgehead atoms. The lowest BCUT2D eigenvalue weighted by Gasteiger charge is -2.26. The van der Waals surface area contributed by atoms with Crippen LogP contribution in [-0.2, 0) is 7.05 Å². The summed E-state index contributed by atoms with van der Waals surface area (Å²) < 4.78 is 38.6. The van der Waals surface area contributed by atoms with Crippen LogP contribution in [0.25, 0.3) is 50.5 Å². The predicted octanol–water partition coefficient (Wildman–Crippen LogP) is 12.9. The molecule has 1 heterocycles. The van der Waals surface area contributed by atoms with E-state index in [9.17, 15) is 6.48 Å². The predicted molar refractivity (Wildman–Crippen MR) is 219 cm³/mol. The molecule has 0 amide bonds. The Labute approximate surface area is 317 Å². The van der Waals surface area contributed by atoms with Crippen LogP contribution < -0.4 is 4.57 Å². The van der Waals surface area contributed by atoms with Gasteiger partial charge in [0, 0.05) is 22.2 Å². The Bertz CT molecular complexity index is 2370. The van der Waals surface area contributed by atoms with Crippen molar-refractivity contribution in [1.29, 1.82) is 0 Å². The Morgan fingerprint density at radius 1 is 0.731 bits per heavy atom. The Kier molecular flexibility index (Phi) is 8.63. The molecule has 0 unspecified atom stereocenters. The lowest BCUT2D eigenvalue weighted by Crippen LogP contribution is -2.30. The van der Waals surface area contributed by atoms with E-state index in [0.717, 1.165) is 81.6 Å². The van der Waals surface area contributed by atoms with Crippen LogP contribution in [0, 0.1) is 20.7 Å². The molecule has 0 radical (unpaired) electrons. The van der Waals surface area contributed by atoms with Crippen molar-refractivity contribution in [2.24, 2.45) is 7.05 Å². The van der Waals surface area contributed by atoms with Gasteiger partial charge in [-0.3, -0.25) is 0 Å². The van der Waals surface area contributed by atoms with Crippen molar-refractivity contribution in [3.8, 4) is 56.2 Å². The number of imidazole rings is 1. The molecule has 1 aliphatic rings. The van der Waals surface area contributed by atoms with Gasteiger partial charge in [-0.15, -0.1) is 0 Å². The van der Waals surface area contributed by atoms with Crippen LogP contribution in [0.1, 0.15) is 116 Å². The highest BCUT2D eigenvalue weighted by atomic mass is 16.3. The second-order valence-corrected chi connectivity index (χ2v) is 15.4. The zero-order chi connectivity index (χ0) is 40.1. The number of aromatic hydroxyl groups is 1. The van der Waals surface area contributed by atoms with Crippen LogP contribution in [0.5, 0.6) is 5.75 Å². The molecule has 52 heavy (non-hydrogen) atoms. The molecule has 1 saturated carbocycles. The number of nitrogens with zero attached hydrogens (tertiary/aromatic N) is 2. The Balaban J connectivity index is 1.34. The molecule has 3 nitrogen and oxygen atoms in total. The van der Waals surface area contributed by atoms with Gasteiger partial charge >= 0.3 is 0 Å². The summed E-state index contributed by atoms with van der Waals surface area (Å²) in [7, 11) is 2.10. The number of aromatic nitrogens is 2. The molecule has 6 aromatic rings. The number of hydrogen-bond donors (Lipinski definition) is 1. The van der Waals surface area contributed by atoms with Crippen molar-refractivity contribution in [3.05, 3.63) is 137 Å². The minimum atomic E-state index is -2.26. The van der Waals surface area contributed by atoms with Crippen LogP contribution in [0.4, 0.5) is 0 Å². The van der Waals surface area contributed by atoms with E-state index in [4.69, 9.17) is 4.11 Å². The zero-order valence-corrected chi connectivity index (χ0v) is 31.8. The summed E-state index contributed by atoms with van der Waals surface area (Å²) in [6.45, 7) is 11.1. The average Bonchev–Trinajstić information content (AvgIpc) is 3.54. The molecule has 0 saturated heterocycles. The maximum atomic E-state index is 11.7. The Morgan fingerprint density at radius 2 is 1.37 bits per heavy atom. The largest absolute Gasteiger partial charge is 0.507 e. The number of phenols is 1. The third kappa shape index (κ3) is 6.62. The summed E-state index contributed by atoms with van der Waals surface area (Å²) in [5, 5.41) is 11.7. The molecule has 7 rings (SSSR count). The molecular weight excluding hydrogens is 633 g/mol.